The standard InChI is InChI=1S/C24H35N3O4S/c28-23(25-20-11-3-1-4-12-20)19-10-9-16-26(18-19)24(29)22-15-7-8-17-27(22)32(30,31)21-13-5-2-6-14-21/h2,5-6,13-14,19-20,22H,1,3-4,7-12,15-18H2,(H,25,28). The van der Waals surface area contributed by atoms with E-state index >= 15 is 0 Å². The van der Waals surface area contributed by atoms with Crippen LogP contribution in [0.1, 0.15) is 64.2 Å². The van der Waals surface area contributed by atoms with Gasteiger partial charge in [-0.25, -0.2) is 8.42 Å². The molecule has 1 aromatic rings. The molecule has 8 heteroatoms. The molecule has 3 fully saturated rings. The molecule has 3 aliphatic rings. The van der Waals surface area contributed by atoms with Crippen molar-refractivity contribution in [3.63, 3.8) is 0 Å². The van der Waals surface area contributed by atoms with Gasteiger partial charge < -0.3 is 10.2 Å². The minimum absolute atomic E-state index is 0.0480. The van der Waals surface area contributed by atoms with Crippen LogP contribution in [0.25, 0.3) is 0 Å². The maximum Gasteiger partial charge on any atom is 0.243 e. The SMILES string of the molecule is O=C(NC1CCCCC1)C1CCCN(C(=O)C2CCCCN2S(=O)(=O)c2ccccc2)C1. The van der Waals surface area contributed by atoms with Crippen LogP contribution in [0.3, 0.4) is 0 Å². The Morgan fingerprint density at radius 2 is 1.56 bits per heavy atom. The number of amides is 2. The Balaban J connectivity index is 1.44. The maximum absolute atomic E-state index is 13.5. The largest absolute Gasteiger partial charge is 0.353 e. The first-order valence-corrected chi connectivity index (χ1v) is 13.6. The van der Waals surface area contributed by atoms with E-state index in [0.29, 0.717) is 26.1 Å². The van der Waals surface area contributed by atoms with Crippen LogP contribution in [-0.2, 0) is 19.6 Å². The molecule has 1 saturated carbocycles. The van der Waals surface area contributed by atoms with Crippen molar-refractivity contribution in [3.05, 3.63) is 30.3 Å². The summed E-state index contributed by atoms with van der Waals surface area (Å²) in [6.45, 7) is 1.32. The second-order valence-electron chi connectivity index (χ2n) is 9.41. The summed E-state index contributed by atoms with van der Waals surface area (Å²) in [6, 6.07) is 7.92. The molecule has 2 unspecified atom stereocenters. The Hall–Kier alpha value is -1.93. The summed E-state index contributed by atoms with van der Waals surface area (Å²) in [7, 11) is -3.74. The number of benzene rings is 1. The third-order valence-electron chi connectivity index (χ3n) is 7.14. The van der Waals surface area contributed by atoms with Crippen LogP contribution in [0.5, 0.6) is 0 Å². The number of carbonyl (C=O) groups excluding carboxylic acids is 2. The molecule has 7 nitrogen and oxygen atoms in total. The fourth-order valence-corrected chi connectivity index (χ4v) is 7.01. The van der Waals surface area contributed by atoms with Gasteiger partial charge in [0.05, 0.1) is 10.8 Å². The molecule has 1 N–H and O–H groups in total. The Morgan fingerprint density at radius 1 is 0.844 bits per heavy atom. The molecule has 2 aliphatic heterocycles. The average molecular weight is 462 g/mol. The van der Waals surface area contributed by atoms with Crippen LogP contribution >= 0.6 is 0 Å². The highest BCUT2D eigenvalue weighted by Crippen LogP contribution is 2.28. The summed E-state index contributed by atoms with van der Waals surface area (Å²) < 4.78 is 27.9. The smallest absolute Gasteiger partial charge is 0.243 e. The zero-order valence-corrected chi connectivity index (χ0v) is 19.6. The number of rotatable bonds is 5. The van der Waals surface area contributed by atoms with Gasteiger partial charge in [0.2, 0.25) is 21.8 Å². The van der Waals surface area contributed by atoms with Gasteiger partial charge in [-0.1, -0.05) is 43.9 Å². The van der Waals surface area contributed by atoms with Crippen molar-refractivity contribution in [1.29, 1.82) is 0 Å². The summed E-state index contributed by atoms with van der Waals surface area (Å²) in [4.78, 5) is 28.3. The van der Waals surface area contributed by atoms with Gasteiger partial charge in [-0.15, -0.1) is 0 Å². The average Bonchev–Trinajstić information content (AvgIpc) is 2.85. The van der Waals surface area contributed by atoms with Gasteiger partial charge in [0.1, 0.15) is 6.04 Å². The molecule has 0 bridgehead atoms. The topological polar surface area (TPSA) is 86.8 Å². The number of likely N-dealkylation sites (tertiary alicyclic amines) is 1. The normalized spacial score (nSPS) is 25.9. The molecular weight excluding hydrogens is 426 g/mol. The lowest BCUT2D eigenvalue weighted by Crippen LogP contribution is -2.56. The van der Waals surface area contributed by atoms with Crippen LogP contribution < -0.4 is 5.32 Å². The lowest BCUT2D eigenvalue weighted by molar-refractivity contribution is -0.140. The van der Waals surface area contributed by atoms with Crippen LogP contribution in [0.15, 0.2) is 35.2 Å². The predicted molar refractivity (Wildman–Crippen MR) is 122 cm³/mol. The van der Waals surface area contributed by atoms with E-state index in [0.717, 1.165) is 51.4 Å². The molecule has 0 radical (unpaired) electrons. The van der Waals surface area contributed by atoms with E-state index in [4.69, 9.17) is 0 Å². The highest BCUT2D eigenvalue weighted by atomic mass is 32.2. The zero-order valence-electron chi connectivity index (χ0n) is 18.7. The first-order chi connectivity index (χ1) is 15.5. The summed E-state index contributed by atoms with van der Waals surface area (Å²) >= 11 is 0. The third kappa shape index (κ3) is 5.17. The van der Waals surface area contributed by atoms with E-state index in [9.17, 15) is 18.0 Å². The van der Waals surface area contributed by atoms with Gasteiger partial charge in [-0.05, 0) is 50.7 Å². The molecular formula is C24H35N3O4S. The van der Waals surface area contributed by atoms with Crippen molar-refractivity contribution in [1.82, 2.24) is 14.5 Å². The molecule has 2 heterocycles. The van der Waals surface area contributed by atoms with E-state index in [2.05, 4.69) is 5.32 Å². The summed E-state index contributed by atoms with van der Waals surface area (Å²) in [5.41, 5.74) is 0. The van der Waals surface area contributed by atoms with Crippen molar-refractivity contribution < 1.29 is 18.0 Å². The Labute approximate surface area is 191 Å². The summed E-state index contributed by atoms with van der Waals surface area (Å²) in [5, 5.41) is 3.20. The molecule has 176 valence electrons. The summed E-state index contributed by atoms with van der Waals surface area (Å²) in [6.07, 6.45) is 9.29. The minimum atomic E-state index is -3.74. The number of hydrogen-bond acceptors (Lipinski definition) is 4. The highest BCUT2D eigenvalue weighted by Gasteiger charge is 2.41. The number of nitrogens with one attached hydrogen (secondary N) is 1. The van der Waals surface area contributed by atoms with Crippen LogP contribution in [0.2, 0.25) is 0 Å². The third-order valence-corrected chi connectivity index (χ3v) is 9.07. The van der Waals surface area contributed by atoms with E-state index in [1.165, 1.54) is 10.7 Å². The van der Waals surface area contributed by atoms with Crippen molar-refractivity contribution in [2.45, 2.75) is 81.2 Å². The van der Waals surface area contributed by atoms with Crippen molar-refractivity contribution in [3.8, 4) is 0 Å². The van der Waals surface area contributed by atoms with Crippen molar-refractivity contribution in [2.24, 2.45) is 5.92 Å². The molecule has 2 saturated heterocycles. The zero-order chi connectivity index (χ0) is 22.6. The van der Waals surface area contributed by atoms with Gasteiger partial charge in [-0.3, -0.25) is 9.59 Å². The predicted octanol–water partition coefficient (Wildman–Crippen LogP) is 2.92. The number of hydrogen-bond donors (Lipinski definition) is 1. The second-order valence-corrected chi connectivity index (χ2v) is 11.3. The highest BCUT2D eigenvalue weighted by molar-refractivity contribution is 7.89. The Morgan fingerprint density at radius 3 is 2.31 bits per heavy atom. The fraction of sp³-hybridized carbons (Fsp3) is 0.667. The number of sulfonamides is 1. The monoisotopic (exact) mass is 461 g/mol. The van der Waals surface area contributed by atoms with E-state index < -0.39 is 16.1 Å². The van der Waals surface area contributed by atoms with Crippen LogP contribution in [0.4, 0.5) is 0 Å². The first kappa shape index (κ1) is 23.2. The van der Waals surface area contributed by atoms with Crippen LogP contribution in [-0.4, -0.2) is 61.2 Å². The number of piperidine rings is 2. The lowest BCUT2D eigenvalue weighted by atomic mass is 9.92. The lowest BCUT2D eigenvalue weighted by Gasteiger charge is -2.39. The molecule has 1 aromatic carbocycles. The van der Waals surface area contributed by atoms with Crippen molar-refractivity contribution >= 4 is 21.8 Å². The molecule has 1 aliphatic carbocycles. The molecule has 0 spiro atoms. The molecule has 0 aromatic heterocycles. The molecule has 2 amide bonds. The number of carbonyl (C=O) groups is 2. The van der Waals surface area contributed by atoms with E-state index in [1.54, 1.807) is 35.2 Å². The first-order valence-electron chi connectivity index (χ1n) is 12.1. The molecule has 4 rings (SSSR count). The quantitative estimate of drug-likeness (QED) is 0.730. The maximum atomic E-state index is 13.5. The van der Waals surface area contributed by atoms with E-state index in [1.807, 2.05) is 0 Å². The molecule has 32 heavy (non-hydrogen) atoms. The fourth-order valence-electron chi connectivity index (χ4n) is 5.34. The van der Waals surface area contributed by atoms with Gasteiger partial charge >= 0.3 is 0 Å². The van der Waals surface area contributed by atoms with Gasteiger partial charge in [0.25, 0.3) is 0 Å². The van der Waals surface area contributed by atoms with Gasteiger partial charge in [-0.2, -0.15) is 4.31 Å². The van der Waals surface area contributed by atoms with E-state index in [-0.39, 0.29) is 28.7 Å². The molecule has 2 atom stereocenters. The van der Waals surface area contributed by atoms with Crippen LogP contribution in [0, 0.1) is 5.92 Å². The van der Waals surface area contributed by atoms with Gasteiger partial charge in [0.15, 0.2) is 0 Å². The van der Waals surface area contributed by atoms with Crippen molar-refractivity contribution in [2.75, 3.05) is 19.6 Å². The minimum Gasteiger partial charge on any atom is -0.353 e. The Bertz CT molecular complexity index is 899. The number of nitrogens with zero attached hydrogens (tertiary/aromatic N) is 2. The summed E-state index contributed by atoms with van der Waals surface area (Å²) in [5.74, 6) is -0.316. The Kier molecular flexibility index (Phi) is 7.51. The van der Waals surface area contributed by atoms with Gasteiger partial charge in [0, 0.05) is 25.7 Å². The second kappa shape index (κ2) is 10.3.